The molecule has 7 heteroatoms. The number of hydrogen-bond acceptors (Lipinski definition) is 7. The molecule has 0 saturated heterocycles. The number of aliphatic imine (C=N–C) groups is 1. The van der Waals surface area contributed by atoms with E-state index in [9.17, 15) is 9.59 Å². The smallest absolute Gasteiger partial charge is 0.363 e. The molecule has 0 saturated carbocycles. The molecular weight excluding hydrogens is 374 g/mol. The number of esters is 2. The van der Waals surface area contributed by atoms with E-state index in [-0.39, 0.29) is 18.2 Å². The summed E-state index contributed by atoms with van der Waals surface area (Å²) in [5.74, 6) is 0.109. The van der Waals surface area contributed by atoms with E-state index >= 15 is 0 Å². The fourth-order valence-corrected chi connectivity index (χ4v) is 2.69. The Hall–Kier alpha value is -3.61. The molecule has 0 aliphatic carbocycles. The third kappa shape index (κ3) is 4.82. The number of methoxy groups -OCH3 is 1. The van der Waals surface area contributed by atoms with Gasteiger partial charge in [0.2, 0.25) is 5.90 Å². The van der Waals surface area contributed by atoms with Crippen LogP contribution in [0.1, 0.15) is 23.6 Å². The van der Waals surface area contributed by atoms with Crippen molar-refractivity contribution in [1.82, 2.24) is 0 Å². The summed E-state index contributed by atoms with van der Waals surface area (Å²) in [5.41, 5.74) is 2.60. The Kier molecular flexibility index (Phi) is 6.29. The molecule has 1 heterocycles. The first kappa shape index (κ1) is 20.1. The van der Waals surface area contributed by atoms with Crippen LogP contribution in [0.4, 0.5) is 0 Å². The highest BCUT2D eigenvalue weighted by Gasteiger charge is 2.25. The predicted molar refractivity (Wildman–Crippen MR) is 107 cm³/mol. The predicted octanol–water partition coefficient (Wildman–Crippen LogP) is 3.29. The van der Waals surface area contributed by atoms with E-state index in [1.54, 1.807) is 24.3 Å². The average Bonchev–Trinajstić information content (AvgIpc) is 3.07. The Bertz CT molecular complexity index is 993. The van der Waals surface area contributed by atoms with Crippen molar-refractivity contribution in [3.63, 3.8) is 0 Å². The minimum Gasteiger partial charge on any atom is -0.490 e. The van der Waals surface area contributed by atoms with E-state index in [4.69, 9.17) is 14.2 Å². The first-order valence-corrected chi connectivity index (χ1v) is 9.07. The van der Waals surface area contributed by atoms with E-state index in [0.717, 1.165) is 11.1 Å². The molecule has 0 aromatic heterocycles. The van der Waals surface area contributed by atoms with Gasteiger partial charge in [0.25, 0.3) is 0 Å². The topological polar surface area (TPSA) is 83.4 Å². The number of cyclic esters (lactones) is 1. The van der Waals surface area contributed by atoms with Crippen LogP contribution < -0.4 is 9.47 Å². The first-order chi connectivity index (χ1) is 14.0. The van der Waals surface area contributed by atoms with Gasteiger partial charge in [0.1, 0.15) is 0 Å². The molecule has 0 radical (unpaired) electrons. The lowest BCUT2D eigenvalue weighted by atomic mass is 10.1. The Morgan fingerprint density at radius 3 is 2.66 bits per heavy atom. The van der Waals surface area contributed by atoms with Crippen LogP contribution in [0.25, 0.3) is 6.08 Å². The maximum atomic E-state index is 12.2. The molecule has 150 valence electrons. The summed E-state index contributed by atoms with van der Waals surface area (Å²) >= 11 is 0. The van der Waals surface area contributed by atoms with Crippen molar-refractivity contribution in [1.29, 1.82) is 0 Å². The number of ether oxygens (including phenoxy) is 4. The lowest BCUT2D eigenvalue weighted by molar-refractivity contribution is -0.143. The van der Waals surface area contributed by atoms with Crippen LogP contribution >= 0.6 is 0 Å². The number of rotatable bonds is 7. The summed E-state index contributed by atoms with van der Waals surface area (Å²) in [6.45, 7) is 3.94. The zero-order chi connectivity index (χ0) is 20.8. The number of nitrogens with zero attached hydrogens (tertiary/aromatic N) is 1. The van der Waals surface area contributed by atoms with E-state index < -0.39 is 11.9 Å². The van der Waals surface area contributed by atoms with Gasteiger partial charge >= 0.3 is 11.9 Å². The van der Waals surface area contributed by atoms with Crippen LogP contribution in [-0.4, -0.2) is 38.2 Å². The van der Waals surface area contributed by atoms with Crippen molar-refractivity contribution in [3.8, 4) is 11.5 Å². The first-order valence-electron chi connectivity index (χ1n) is 9.07. The molecule has 2 aromatic rings. The van der Waals surface area contributed by atoms with Gasteiger partial charge in [-0.1, -0.05) is 24.3 Å². The van der Waals surface area contributed by atoms with Gasteiger partial charge in [0, 0.05) is 5.56 Å². The van der Waals surface area contributed by atoms with Gasteiger partial charge in [-0.05, 0) is 49.2 Å². The minimum absolute atomic E-state index is 0.189. The molecule has 0 fully saturated rings. The summed E-state index contributed by atoms with van der Waals surface area (Å²) in [7, 11) is 1.29. The summed E-state index contributed by atoms with van der Waals surface area (Å²) in [5, 5.41) is 0. The maximum absolute atomic E-state index is 12.2. The molecule has 0 amide bonds. The van der Waals surface area contributed by atoms with Gasteiger partial charge < -0.3 is 18.9 Å². The fourth-order valence-electron chi connectivity index (χ4n) is 2.69. The zero-order valence-corrected chi connectivity index (χ0v) is 16.4. The lowest BCUT2D eigenvalue weighted by Gasteiger charge is -2.11. The van der Waals surface area contributed by atoms with Crippen molar-refractivity contribution >= 4 is 23.9 Å². The quantitative estimate of drug-likeness (QED) is 0.528. The molecule has 29 heavy (non-hydrogen) atoms. The SMILES string of the molecule is CCOc1cc(/C=C2\N=C(c3ccccc3C)OC2=O)ccc1OCC(=O)OC. The summed E-state index contributed by atoms with van der Waals surface area (Å²) in [4.78, 5) is 27.9. The molecule has 0 unspecified atom stereocenters. The van der Waals surface area contributed by atoms with Gasteiger partial charge in [0.15, 0.2) is 23.8 Å². The van der Waals surface area contributed by atoms with Gasteiger partial charge in [-0.25, -0.2) is 14.6 Å². The van der Waals surface area contributed by atoms with E-state index in [1.165, 1.54) is 7.11 Å². The normalized spacial score (nSPS) is 14.4. The molecule has 1 aliphatic rings. The molecule has 3 rings (SSSR count). The van der Waals surface area contributed by atoms with Crippen LogP contribution in [0.3, 0.4) is 0 Å². The molecule has 0 bridgehead atoms. The Balaban J connectivity index is 1.87. The summed E-state index contributed by atoms with van der Waals surface area (Å²) in [6.07, 6.45) is 1.61. The number of hydrogen-bond donors (Lipinski definition) is 0. The number of carbonyl (C=O) groups excluding carboxylic acids is 2. The van der Waals surface area contributed by atoms with Crippen LogP contribution in [0, 0.1) is 6.92 Å². The fraction of sp³-hybridized carbons (Fsp3) is 0.227. The van der Waals surface area contributed by atoms with Gasteiger partial charge in [0.05, 0.1) is 13.7 Å². The van der Waals surface area contributed by atoms with Crippen molar-refractivity contribution < 1.29 is 28.5 Å². The van der Waals surface area contributed by atoms with Crippen LogP contribution in [0.2, 0.25) is 0 Å². The zero-order valence-electron chi connectivity index (χ0n) is 16.4. The monoisotopic (exact) mass is 395 g/mol. The largest absolute Gasteiger partial charge is 0.490 e. The molecular formula is C22H21NO6. The van der Waals surface area contributed by atoms with Crippen LogP contribution in [-0.2, 0) is 19.1 Å². The van der Waals surface area contributed by atoms with Gasteiger partial charge in [-0.2, -0.15) is 0 Å². The molecule has 1 aliphatic heterocycles. The van der Waals surface area contributed by atoms with E-state index in [1.807, 2.05) is 38.1 Å². The minimum atomic E-state index is -0.521. The van der Waals surface area contributed by atoms with Crippen LogP contribution in [0.5, 0.6) is 11.5 Å². The Morgan fingerprint density at radius 2 is 1.93 bits per heavy atom. The van der Waals surface area contributed by atoms with Gasteiger partial charge in [-0.15, -0.1) is 0 Å². The molecule has 0 N–H and O–H groups in total. The van der Waals surface area contributed by atoms with Gasteiger partial charge in [-0.3, -0.25) is 0 Å². The standard InChI is InChI=1S/C22H21NO6/c1-4-27-19-12-15(9-10-18(19)28-13-20(24)26-3)11-17-22(25)29-21(23-17)16-8-6-5-7-14(16)2/h5-12H,4,13H2,1-3H3/b17-11-. The number of carbonyl (C=O) groups is 2. The number of aryl methyl sites for hydroxylation is 1. The Labute approximate surface area is 168 Å². The second-order valence-electron chi connectivity index (χ2n) is 6.15. The average molecular weight is 395 g/mol. The third-order valence-corrected chi connectivity index (χ3v) is 4.14. The van der Waals surface area contributed by atoms with E-state index in [2.05, 4.69) is 9.73 Å². The highest BCUT2D eigenvalue weighted by Crippen LogP contribution is 2.30. The number of benzene rings is 2. The lowest BCUT2D eigenvalue weighted by Crippen LogP contribution is -2.13. The maximum Gasteiger partial charge on any atom is 0.363 e. The molecule has 0 spiro atoms. The molecule has 0 atom stereocenters. The van der Waals surface area contributed by atoms with Crippen LogP contribution in [0.15, 0.2) is 53.2 Å². The Morgan fingerprint density at radius 1 is 1.14 bits per heavy atom. The van der Waals surface area contributed by atoms with Crippen molar-refractivity contribution in [3.05, 3.63) is 64.9 Å². The second-order valence-corrected chi connectivity index (χ2v) is 6.15. The molecule has 2 aromatic carbocycles. The molecule has 7 nitrogen and oxygen atoms in total. The third-order valence-electron chi connectivity index (χ3n) is 4.14. The highest BCUT2D eigenvalue weighted by atomic mass is 16.6. The van der Waals surface area contributed by atoms with Crippen molar-refractivity contribution in [2.24, 2.45) is 4.99 Å². The summed E-state index contributed by atoms with van der Waals surface area (Å²) < 4.78 is 20.9. The van der Waals surface area contributed by atoms with Crippen molar-refractivity contribution in [2.75, 3.05) is 20.3 Å². The van der Waals surface area contributed by atoms with E-state index in [0.29, 0.717) is 23.7 Å². The second kappa shape index (κ2) is 9.05. The highest BCUT2D eigenvalue weighted by molar-refractivity contribution is 6.13. The van der Waals surface area contributed by atoms with Crippen molar-refractivity contribution in [2.45, 2.75) is 13.8 Å². The summed E-state index contributed by atoms with van der Waals surface area (Å²) in [6, 6.07) is 12.6.